The Morgan fingerprint density at radius 1 is 1.28 bits per heavy atom. The van der Waals surface area contributed by atoms with Gasteiger partial charge in [-0.15, -0.1) is 0 Å². The second kappa shape index (κ2) is 5.13. The number of nitrogens with one attached hydrogen (secondary N) is 2. The lowest BCUT2D eigenvalue weighted by atomic mass is 10.4. The summed E-state index contributed by atoms with van der Waals surface area (Å²) in [4.78, 5) is 4.11. The van der Waals surface area contributed by atoms with Gasteiger partial charge in [0, 0.05) is 7.05 Å². The molecule has 0 radical (unpaired) electrons. The molecule has 8 heteroatoms. The van der Waals surface area contributed by atoms with Gasteiger partial charge in [0.1, 0.15) is 5.00 Å². The first-order valence-corrected chi connectivity index (χ1v) is 7.62. The van der Waals surface area contributed by atoms with Crippen LogP contribution in [0.2, 0.25) is 5.15 Å². The number of hydrogen-bond acceptors (Lipinski definition) is 5. The fourth-order valence-electron chi connectivity index (χ4n) is 1.27. The number of anilines is 2. The van der Waals surface area contributed by atoms with Crippen molar-refractivity contribution in [3.63, 3.8) is 0 Å². The lowest BCUT2D eigenvalue weighted by Gasteiger charge is -2.03. The summed E-state index contributed by atoms with van der Waals surface area (Å²) in [7, 11) is -1.92. The van der Waals surface area contributed by atoms with Crippen LogP contribution >= 0.6 is 22.9 Å². The van der Waals surface area contributed by atoms with Crippen LogP contribution in [0.15, 0.2) is 35.2 Å². The van der Waals surface area contributed by atoms with E-state index in [1.54, 1.807) is 25.2 Å². The third-order valence-corrected chi connectivity index (χ3v) is 4.95. The molecule has 0 aliphatic heterocycles. The van der Waals surface area contributed by atoms with Crippen molar-refractivity contribution in [2.45, 2.75) is 4.90 Å². The highest BCUT2D eigenvalue weighted by Crippen LogP contribution is 2.32. The zero-order valence-corrected chi connectivity index (χ0v) is 11.7. The summed E-state index contributed by atoms with van der Waals surface area (Å²) in [6.45, 7) is 0. The summed E-state index contributed by atoms with van der Waals surface area (Å²) in [5.74, 6) is 0. The van der Waals surface area contributed by atoms with E-state index in [4.69, 9.17) is 11.6 Å². The summed E-state index contributed by atoms with van der Waals surface area (Å²) >= 11 is 6.96. The van der Waals surface area contributed by atoms with E-state index in [0.717, 1.165) is 11.3 Å². The molecule has 0 aliphatic carbocycles. The molecule has 0 saturated heterocycles. The maximum atomic E-state index is 12.0. The number of rotatable bonds is 4. The number of thiazole rings is 1. The fourth-order valence-corrected chi connectivity index (χ4v) is 3.58. The highest BCUT2D eigenvalue weighted by Gasteiger charge is 2.17. The second-order valence-corrected chi connectivity index (χ2v) is 6.35. The first-order chi connectivity index (χ1) is 8.53. The van der Waals surface area contributed by atoms with Crippen LogP contribution in [-0.4, -0.2) is 20.4 Å². The van der Waals surface area contributed by atoms with Gasteiger partial charge in [-0.25, -0.2) is 13.4 Å². The van der Waals surface area contributed by atoms with Gasteiger partial charge < -0.3 is 5.32 Å². The molecular formula is C10H10ClN3O2S2. The molecule has 0 bridgehead atoms. The molecule has 1 heterocycles. The first kappa shape index (κ1) is 13.1. The normalized spacial score (nSPS) is 11.2. The minimum absolute atomic E-state index is 0.183. The van der Waals surface area contributed by atoms with E-state index in [1.165, 1.54) is 12.1 Å². The van der Waals surface area contributed by atoms with Gasteiger partial charge >= 0.3 is 0 Å². The van der Waals surface area contributed by atoms with E-state index < -0.39 is 10.0 Å². The third-order valence-electron chi connectivity index (χ3n) is 2.09. The quantitative estimate of drug-likeness (QED) is 0.911. The van der Waals surface area contributed by atoms with Crippen molar-refractivity contribution >= 4 is 43.1 Å². The lowest BCUT2D eigenvalue weighted by molar-refractivity contribution is 0.601. The topological polar surface area (TPSA) is 71.1 Å². The van der Waals surface area contributed by atoms with Crippen molar-refractivity contribution in [1.82, 2.24) is 4.98 Å². The average molecular weight is 304 g/mol. The molecule has 2 N–H and O–H groups in total. The summed E-state index contributed by atoms with van der Waals surface area (Å²) in [5.41, 5.74) is 0. The molecule has 0 atom stereocenters. The molecule has 1 aromatic carbocycles. The van der Waals surface area contributed by atoms with E-state index in [-0.39, 0.29) is 15.2 Å². The number of sulfonamides is 1. The number of hydrogen-bond donors (Lipinski definition) is 2. The van der Waals surface area contributed by atoms with Crippen LogP contribution in [0.5, 0.6) is 0 Å². The Bertz CT molecular complexity index is 640. The van der Waals surface area contributed by atoms with E-state index in [9.17, 15) is 8.42 Å². The molecule has 2 rings (SSSR count). The minimum Gasteiger partial charge on any atom is -0.377 e. The maximum absolute atomic E-state index is 12.0. The molecular weight excluding hydrogens is 294 g/mol. The Balaban J connectivity index is 2.28. The fraction of sp³-hybridized carbons (Fsp3) is 0.100. The van der Waals surface area contributed by atoms with Crippen molar-refractivity contribution in [2.24, 2.45) is 0 Å². The monoisotopic (exact) mass is 303 g/mol. The number of aromatic nitrogens is 1. The molecule has 2 aromatic rings. The number of nitrogens with zero attached hydrogens (tertiary/aromatic N) is 1. The van der Waals surface area contributed by atoms with Gasteiger partial charge in [0.05, 0.1) is 4.90 Å². The molecule has 0 unspecified atom stereocenters. The van der Waals surface area contributed by atoms with Crippen molar-refractivity contribution in [3.8, 4) is 0 Å². The van der Waals surface area contributed by atoms with Gasteiger partial charge in [-0.2, -0.15) is 0 Å². The zero-order valence-electron chi connectivity index (χ0n) is 9.34. The van der Waals surface area contributed by atoms with E-state index in [2.05, 4.69) is 15.0 Å². The van der Waals surface area contributed by atoms with Crippen LogP contribution in [-0.2, 0) is 10.0 Å². The first-order valence-electron chi connectivity index (χ1n) is 4.95. The van der Waals surface area contributed by atoms with Gasteiger partial charge in [0.25, 0.3) is 10.0 Å². The van der Waals surface area contributed by atoms with Crippen LogP contribution in [0.3, 0.4) is 0 Å². The van der Waals surface area contributed by atoms with Crippen molar-refractivity contribution in [2.75, 3.05) is 17.1 Å². The third kappa shape index (κ3) is 2.74. The predicted octanol–water partition coefficient (Wildman–Crippen LogP) is 2.64. The van der Waals surface area contributed by atoms with Crippen LogP contribution < -0.4 is 10.0 Å². The molecule has 0 amide bonds. The molecule has 5 nitrogen and oxygen atoms in total. The predicted molar refractivity (Wildman–Crippen MR) is 73.9 cm³/mol. The van der Waals surface area contributed by atoms with Crippen LogP contribution in [0.25, 0.3) is 0 Å². The van der Waals surface area contributed by atoms with E-state index in [1.807, 2.05) is 0 Å². The summed E-state index contributed by atoms with van der Waals surface area (Å²) in [6, 6.07) is 8.08. The van der Waals surface area contributed by atoms with Crippen LogP contribution in [0.1, 0.15) is 0 Å². The lowest BCUT2D eigenvalue weighted by Crippen LogP contribution is -2.12. The summed E-state index contributed by atoms with van der Waals surface area (Å²) < 4.78 is 26.4. The molecule has 1 aromatic heterocycles. The van der Waals surface area contributed by atoms with Crippen molar-refractivity contribution in [1.29, 1.82) is 0 Å². The molecule has 0 saturated carbocycles. The smallest absolute Gasteiger partial charge is 0.263 e. The molecule has 0 spiro atoms. The highest BCUT2D eigenvalue weighted by atomic mass is 35.5. The summed E-state index contributed by atoms with van der Waals surface area (Å²) in [6.07, 6.45) is 0. The Morgan fingerprint density at radius 3 is 2.50 bits per heavy atom. The Hall–Kier alpha value is -1.31. The van der Waals surface area contributed by atoms with E-state index >= 15 is 0 Å². The van der Waals surface area contributed by atoms with Gasteiger partial charge in [0.15, 0.2) is 10.3 Å². The largest absolute Gasteiger partial charge is 0.377 e. The maximum Gasteiger partial charge on any atom is 0.263 e. The molecule has 96 valence electrons. The van der Waals surface area contributed by atoms with Crippen molar-refractivity contribution < 1.29 is 8.42 Å². The Kier molecular flexibility index (Phi) is 3.74. The van der Waals surface area contributed by atoms with Crippen LogP contribution in [0, 0.1) is 0 Å². The number of benzene rings is 1. The molecule has 18 heavy (non-hydrogen) atoms. The highest BCUT2D eigenvalue weighted by molar-refractivity contribution is 7.93. The average Bonchev–Trinajstić information content (AvgIpc) is 2.70. The second-order valence-electron chi connectivity index (χ2n) is 3.31. The zero-order chi connectivity index (χ0) is 13.2. The summed E-state index contributed by atoms with van der Waals surface area (Å²) in [5, 5.41) is 3.92. The SMILES string of the molecule is CNc1sc(NS(=O)(=O)c2ccccc2)nc1Cl. The van der Waals surface area contributed by atoms with Crippen LogP contribution in [0.4, 0.5) is 10.1 Å². The van der Waals surface area contributed by atoms with Gasteiger partial charge in [-0.1, -0.05) is 41.1 Å². The van der Waals surface area contributed by atoms with Crippen molar-refractivity contribution in [3.05, 3.63) is 35.5 Å². The standard InChI is InChI=1S/C10H10ClN3O2S2/c1-12-9-8(11)13-10(17-9)14-18(15,16)7-5-3-2-4-6-7/h2-6,12H,1H3,(H,13,14). The minimum atomic E-state index is -3.61. The molecule has 0 aliphatic rings. The number of halogens is 1. The van der Waals surface area contributed by atoms with Gasteiger partial charge in [0.2, 0.25) is 0 Å². The van der Waals surface area contributed by atoms with Gasteiger partial charge in [-0.05, 0) is 12.1 Å². The Morgan fingerprint density at radius 2 is 1.94 bits per heavy atom. The van der Waals surface area contributed by atoms with Gasteiger partial charge in [-0.3, -0.25) is 4.72 Å². The molecule has 0 fully saturated rings. The Labute approximate surface area is 114 Å². The van der Waals surface area contributed by atoms with E-state index in [0.29, 0.717) is 5.00 Å².